The van der Waals surface area contributed by atoms with E-state index in [0.717, 1.165) is 37.7 Å². The van der Waals surface area contributed by atoms with Crippen molar-refractivity contribution in [1.82, 2.24) is 0 Å². The Balaban J connectivity index is 1.81. The molecule has 1 saturated heterocycles. The van der Waals surface area contributed by atoms with Gasteiger partial charge in [0, 0.05) is 13.1 Å². The normalized spacial score (nSPS) is 21.0. The number of nitrogens with two attached hydrogens (primary N) is 1. The molecule has 2 aliphatic heterocycles. The molecule has 0 bridgehead atoms. The van der Waals surface area contributed by atoms with E-state index in [-0.39, 0.29) is 16.9 Å². The lowest BCUT2D eigenvalue weighted by atomic mass is 10.1. The Bertz CT molecular complexity index is 636. The summed E-state index contributed by atoms with van der Waals surface area (Å²) >= 11 is 1.11. The Hall–Kier alpha value is -1.82. The fourth-order valence-corrected chi connectivity index (χ4v) is 3.26. The SMILES string of the molecule is NC1=NC(=O)/C(=C\c2ccc(N3CCCCC3)c(F)c2)S1. The number of amides is 1. The van der Waals surface area contributed by atoms with Crippen LogP contribution in [0.4, 0.5) is 10.1 Å². The van der Waals surface area contributed by atoms with Gasteiger partial charge in [-0.25, -0.2) is 4.39 Å². The zero-order chi connectivity index (χ0) is 14.8. The first kappa shape index (κ1) is 14.1. The van der Waals surface area contributed by atoms with E-state index in [9.17, 15) is 9.18 Å². The van der Waals surface area contributed by atoms with Gasteiger partial charge in [0.1, 0.15) is 5.82 Å². The Morgan fingerprint density at radius 3 is 2.67 bits per heavy atom. The van der Waals surface area contributed by atoms with Crippen LogP contribution < -0.4 is 10.6 Å². The quantitative estimate of drug-likeness (QED) is 0.854. The molecule has 0 radical (unpaired) electrons. The van der Waals surface area contributed by atoms with Crippen LogP contribution >= 0.6 is 11.8 Å². The third kappa shape index (κ3) is 3.10. The lowest BCUT2D eigenvalue weighted by molar-refractivity contribution is -0.113. The first-order chi connectivity index (χ1) is 10.1. The molecule has 1 aromatic rings. The molecule has 1 aromatic carbocycles. The molecule has 0 unspecified atom stereocenters. The Kier molecular flexibility index (Phi) is 3.96. The molecular weight excluding hydrogens is 289 g/mol. The number of halogens is 1. The van der Waals surface area contributed by atoms with Gasteiger partial charge in [0.15, 0.2) is 5.17 Å². The number of amidine groups is 1. The van der Waals surface area contributed by atoms with Crippen molar-refractivity contribution in [3.05, 3.63) is 34.5 Å². The van der Waals surface area contributed by atoms with Crippen LogP contribution in [-0.4, -0.2) is 24.2 Å². The summed E-state index contributed by atoms with van der Waals surface area (Å²) in [5, 5.41) is 0.233. The molecule has 0 spiro atoms. The molecule has 2 aliphatic rings. The van der Waals surface area contributed by atoms with E-state index in [1.165, 1.54) is 12.5 Å². The minimum Gasteiger partial charge on any atom is -0.378 e. The smallest absolute Gasteiger partial charge is 0.286 e. The molecule has 0 atom stereocenters. The van der Waals surface area contributed by atoms with E-state index in [0.29, 0.717) is 16.2 Å². The lowest BCUT2D eigenvalue weighted by Gasteiger charge is -2.29. The Morgan fingerprint density at radius 2 is 2.05 bits per heavy atom. The zero-order valence-electron chi connectivity index (χ0n) is 11.5. The third-order valence-electron chi connectivity index (χ3n) is 3.60. The number of rotatable bonds is 2. The molecule has 21 heavy (non-hydrogen) atoms. The summed E-state index contributed by atoms with van der Waals surface area (Å²) in [6, 6.07) is 5.06. The molecule has 2 N–H and O–H groups in total. The van der Waals surface area contributed by atoms with Gasteiger partial charge in [-0.1, -0.05) is 6.07 Å². The van der Waals surface area contributed by atoms with Gasteiger partial charge in [0.2, 0.25) is 0 Å². The van der Waals surface area contributed by atoms with Crippen molar-refractivity contribution in [3.63, 3.8) is 0 Å². The van der Waals surface area contributed by atoms with Crippen LogP contribution in [0.25, 0.3) is 6.08 Å². The number of benzene rings is 1. The monoisotopic (exact) mass is 305 g/mol. The maximum absolute atomic E-state index is 14.3. The number of anilines is 1. The fraction of sp³-hybridized carbons (Fsp3) is 0.333. The average Bonchev–Trinajstić information content (AvgIpc) is 2.78. The molecule has 0 aromatic heterocycles. The summed E-state index contributed by atoms with van der Waals surface area (Å²) in [6.45, 7) is 1.80. The van der Waals surface area contributed by atoms with Gasteiger partial charge in [0.05, 0.1) is 10.6 Å². The van der Waals surface area contributed by atoms with Gasteiger partial charge in [-0.05, 0) is 54.8 Å². The van der Waals surface area contributed by atoms with Gasteiger partial charge in [-0.3, -0.25) is 4.79 Å². The first-order valence-electron chi connectivity index (χ1n) is 6.96. The van der Waals surface area contributed by atoms with Gasteiger partial charge >= 0.3 is 0 Å². The van der Waals surface area contributed by atoms with Crippen LogP contribution in [-0.2, 0) is 4.79 Å². The minimum atomic E-state index is -0.363. The third-order valence-corrected chi connectivity index (χ3v) is 4.42. The number of hydrogen-bond acceptors (Lipinski definition) is 4. The van der Waals surface area contributed by atoms with Crippen molar-refractivity contribution in [2.24, 2.45) is 10.7 Å². The van der Waals surface area contributed by atoms with E-state index >= 15 is 0 Å². The highest BCUT2D eigenvalue weighted by molar-refractivity contribution is 8.18. The van der Waals surface area contributed by atoms with Crippen molar-refractivity contribution in [1.29, 1.82) is 0 Å². The molecule has 2 heterocycles. The van der Waals surface area contributed by atoms with Crippen LogP contribution in [0.2, 0.25) is 0 Å². The number of hydrogen-bond donors (Lipinski definition) is 1. The van der Waals surface area contributed by atoms with E-state index < -0.39 is 0 Å². The topological polar surface area (TPSA) is 58.7 Å². The highest BCUT2D eigenvalue weighted by Crippen LogP contribution is 2.29. The van der Waals surface area contributed by atoms with E-state index in [1.807, 2.05) is 6.07 Å². The number of piperidine rings is 1. The molecule has 1 amide bonds. The molecular formula is C15H16FN3OS. The van der Waals surface area contributed by atoms with Gasteiger partial charge in [-0.2, -0.15) is 4.99 Å². The van der Waals surface area contributed by atoms with Crippen molar-refractivity contribution >= 4 is 34.6 Å². The summed E-state index contributed by atoms with van der Waals surface area (Å²) < 4.78 is 14.3. The minimum absolute atomic E-state index is 0.233. The second kappa shape index (κ2) is 5.89. The lowest BCUT2D eigenvalue weighted by Crippen LogP contribution is -2.30. The van der Waals surface area contributed by atoms with Crippen LogP contribution in [0.3, 0.4) is 0 Å². The molecule has 0 aliphatic carbocycles. The average molecular weight is 305 g/mol. The summed E-state index contributed by atoms with van der Waals surface area (Å²) in [5.41, 5.74) is 6.78. The number of nitrogens with zero attached hydrogens (tertiary/aromatic N) is 2. The van der Waals surface area contributed by atoms with Crippen LogP contribution in [0.1, 0.15) is 24.8 Å². The fourth-order valence-electron chi connectivity index (χ4n) is 2.58. The summed E-state index contributed by atoms with van der Waals surface area (Å²) in [7, 11) is 0. The Morgan fingerprint density at radius 1 is 1.29 bits per heavy atom. The molecule has 6 heteroatoms. The summed E-state index contributed by atoms with van der Waals surface area (Å²) in [5.74, 6) is -0.617. The second-order valence-electron chi connectivity index (χ2n) is 5.12. The van der Waals surface area contributed by atoms with Gasteiger partial charge in [-0.15, -0.1) is 0 Å². The molecule has 3 rings (SSSR count). The van der Waals surface area contributed by atoms with Crippen molar-refractivity contribution < 1.29 is 9.18 Å². The second-order valence-corrected chi connectivity index (χ2v) is 6.19. The van der Waals surface area contributed by atoms with Crippen LogP contribution in [0.5, 0.6) is 0 Å². The number of thioether (sulfide) groups is 1. The maximum atomic E-state index is 14.3. The standard InChI is InChI=1S/C15H16FN3OS/c16-11-8-10(9-13-14(20)18-15(17)21-13)4-5-12(11)19-6-2-1-3-7-19/h4-5,8-9H,1-3,6-7H2,(H2,17,18,20)/b13-9+. The van der Waals surface area contributed by atoms with E-state index in [2.05, 4.69) is 9.89 Å². The van der Waals surface area contributed by atoms with Crippen LogP contribution in [0, 0.1) is 5.82 Å². The molecule has 0 saturated carbocycles. The maximum Gasteiger partial charge on any atom is 0.286 e. The van der Waals surface area contributed by atoms with Crippen molar-refractivity contribution in [2.45, 2.75) is 19.3 Å². The van der Waals surface area contributed by atoms with Crippen molar-refractivity contribution in [3.8, 4) is 0 Å². The highest BCUT2D eigenvalue weighted by atomic mass is 32.2. The first-order valence-corrected chi connectivity index (χ1v) is 7.78. The number of carbonyl (C=O) groups is 1. The van der Waals surface area contributed by atoms with Crippen LogP contribution in [0.15, 0.2) is 28.1 Å². The summed E-state index contributed by atoms with van der Waals surface area (Å²) in [4.78, 5) is 17.7. The predicted molar refractivity (Wildman–Crippen MR) is 84.7 cm³/mol. The zero-order valence-corrected chi connectivity index (χ0v) is 12.3. The Labute approximate surface area is 126 Å². The summed E-state index contributed by atoms with van der Waals surface area (Å²) in [6.07, 6.45) is 5.04. The number of aliphatic imine (C=N–C) groups is 1. The predicted octanol–water partition coefficient (Wildman–Crippen LogP) is 2.75. The van der Waals surface area contributed by atoms with Gasteiger partial charge < -0.3 is 10.6 Å². The van der Waals surface area contributed by atoms with Gasteiger partial charge in [0.25, 0.3) is 5.91 Å². The molecule has 4 nitrogen and oxygen atoms in total. The van der Waals surface area contributed by atoms with E-state index in [4.69, 9.17) is 5.73 Å². The molecule has 1 fully saturated rings. The number of carbonyl (C=O) groups excluding carboxylic acids is 1. The van der Waals surface area contributed by atoms with E-state index in [1.54, 1.807) is 12.1 Å². The van der Waals surface area contributed by atoms with Crippen molar-refractivity contribution in [2.75, 3.05) is 18.0 Å². The highest BCUT2D eigenvalue weighted by Gasteiger charge is 2.20. The largest absolute Gasteiger partial charge is 0.378 e. The molecule has 110 valence electrons.